The van der Waals surface area contributed by atoms with Gasteiger partial charge in [0.15, 0.2) is 0 Å². The molecular weight excluding hydrogens is 322 g/mol. The summed E-state index contributed by atoms with van der Waals surface area (Å²) >= 11 is 0. The highest BCUT2D eigenvalue weighted by Crippen LogP contribution is 2.49. The van der Waals surface area contributed by atoms with Gasteiger partial charge in [0.2, 0.25) is 0 Å². The van der Waals surface area contributed by atoms with Crippen LogP contribution in [-0.4, -0.2) is 18.9 Å². The number of phosphoric ester groups is 1. The van der Waals surface area contributed by atoms with E-state index in [-0.39, 0.29) is 24.5 Å². The fraction of sp³-hybridized carbons (Fsp3) is 0.462. The average Bonchev–Trinajstić information content (AvgIpc) is 2.45. The van der Waals surface area contributed by atoms with E-state index in [1.165, 1.54) is 19.1 Å². The van der Waals surface area contributed by atoms with Crippen LogP contribution in [0.2, 0.25) is 0 Å². The standard InChI is InChI=1S/C13H17F3NO4P/c1-4-19-22(18,20-5-2)21-17-10(3)11-7-6-8-12(9-11)13(14,15)16/h6-9H,4-5H2,1-3H3/b17-10-. The topological polar surface area (TPSA) is 57.1 Å². The molecule has 0 spiro atoms. The van der Waals surface area contributed by atoms with Crippen LogP contribution in [0.1, 0.15) is 31.9 Å². The molecule has 0 atom stereocenters. The van der Waals surface area contributed by atoms with Crippen molar-refractivity contribution in [2.24, 2.45) is 5.16 Å². The number of benzene rings is 1. The lowest BCUT2D eigenvalue weighted by Crippen LogP contribution is -2.07. The third-order valence-electron chi connectivity index (χ3n) is 2.46. The molecule has 0 fully saturated rings. The molecule has 1 aromatic carbocycles. The highest BCUT2D eigenvalue weighted by Gasteiger charge is 2.31. The molecule has 124 valence electrons. The molecule has 0 unspecified atom stereocenters. The second-order valence-corrected chi connectivity index (χ2v) is 5.69. The van der Waals surface area contributed by atoms with E-state index in [1.807, 2.05) is 0 Å². The number of hydrogen-bond acceptors (Lipinski definition) is 5. The van der Waals surface area contributed by atoms with Gasteiger partial charge in [-0.25, -0.2) is 4.57 Å². The molecule has 5 nitrogen and oxygen atoms in total. The minimum absolute atomic E-state index is 0.0788. The Morgan fingerprint density at radius 3 is 2.32 bits per heavy atom. The summed E-state index contributed by atoms with van der Waals surface area (Å²) in [6.45, 7) is 4.78. The summed E-state index contributed by atoms with van der Waals surface area (Å²) in [6.07, 6.45) is -4.46. The molecule has 0 saturated carbocycles. The van der Waals surface area contributed by atoms with Crippen molar-refractivity contribution in [3.8, 4) is 0 Å². The Hall–Kier alpha value is -1.37. The maximum absolute atomic E-state index is 12.7. The summed E-state index contributed by atoms with van der Waals surface area (Å²) in [7, 11) is -3.85. The molecule has 0 N–H and O–H groups in total. The van der Waals surface area contributed by atoms with Crippen molar-refractivity contribution in [3.63, 3.8) is 0 Å². The quantitative estimate of drug-likeness (QED) is 0.413. The van der Waals surface area contributed by atoms with Crippen LogP contribution in [0.25, 0.3) is 0 Å². The van der Waals surface area contributed by atoms with Crippen molar-refractivity contribution in [2.75, 3.05) is 13.2 Å². The first-order valence-electron chi connectivity index (χ1n) is 6.52. The van der Waals surface area contributed by atoms with Gasteiger partial charge in [-0.2, -0.15) is 13.2 Å². The van der Waals surface area contributed by atoms with E-state index >= 15 is 0 Å². The van der Waals surface area contributed by atoms with Gasteiger partial charge in [-0.1, -0.05) is 17.3 Å². The fourth-order valence-electron chi connectivity index (χ4n) is 1.49. The molecule has 0 radical (unpaired) electrons. The van der Waals surface area contributed by atoms with Crippen molar-refractivity contribution in [1.29, 1.82) is 0 Å². The van der Waals surface area contributed by atoms with E-state index in [9.17, 15) is 17.7 Å². The molecule has 0 aromatic heterocycles. The van der Waals surface area contributed by atoms with Crippen molar-refractivity contribution in [2.45, 2.75) is 26.9 Å². The zero-order chi connectivity index (χ0) is 16.8. The number of nitrogens with zero attached hydrogens (tertiary/aromatic N) is 1. The number of alkyl halides is 3. The van der Waals surface area contributed by atoms with E-state index < -0.39 is 19.6 Å². The van der Waals surface area contributed by atoms with Gasteiger partial charge in [-0.05, 0) is 38.5 Å². The predicted octanol–water partition coefficient (Wildman–Crippen LogP) is 4.63. The lowest BCUT2D eigenvalue weighted by Gasteiger charge is -2.13. The van der Waals surface area contributed by atoms with Gasteiger partial charge in [0.25, 0.3) is 0 Å². The Morgan fingerprint density at radius 2 is 1.82 bits per heavy atom. The average molecular weight is 339 g/mol. The van der Waals surface area contributed by atoms with Gasteiger partial charge in [-0.3, -0.25) is 13.7 Å². The molecular formula is C13H17F3NO4P. The summed E-state index contributed by atoms with van der Waals surface area (Å²) < 4.78 is 64.5. The van der Waals surface area contributed by atoms with E-state index in [0.717, 1.165) is 12.1 Å². The Morgan fingerprint density at radius 1 is 1.23 bits per heavy atom. The number of hydrogen-bond donors (Lipinski definition) is 0. The fourth-order valence-corrected chi connectivity index (χ4v) is 2.51. The van der Waals surface area contributed by atoms with Gasteiger partial charge in [0.1, 0.15) is 0 Å². The molecule has 0 amide bonds. The predicted molar refractivity (Wildman–Crippen MR) is 75.6 cm³/mol. The third-order valence-corrected chi connectivity index (χ3v) is 3.89. The van der Waals surface area contributed by atoms with Crippen LogP contribution in [-0.2, 0) is 24.4 Å². The van der Waals surface area contributed by atoms with E-state index in [2.05, 4.69) is 5.16 Å². The van der Waals surface area contributed by atoms with Crippen molar-refractivity contribution in [1.82, 2.24) is 0 Å². The van der Waals surface area contributed by atoms with Gasteiger partial charge in [0, 0.05) is 0 Å². The Balaban J connectivity index is 2.95. The van der Waals surface area contributed by atoms with Crippen LogP contribution in [0.3, 0.4) is 0 Å². The van der Waals surface area contributed by atoms with Gasteiger partial charge < -0.3 is 0 Å². The summed E-state index contributed by atoms with van der Waals surface area (Å²) in [5, 5.41) is 3.56. The molecule has 1 rings (SSSR count). The maximum atomic E-state index is 12.7. The summed E-state index contributed by atoms with van der Waals surface area (Å²) in [6, 6.07) is 4.56. The normalized spacial score (nSPS) is 13.3. The van der Waals surface area contributed by atoms with E-state index in [0.29, 0.717) is 0 Å². The lowest BCUT2D eigenvalue weighted by atomic mass is 10.1. The Bertz CT molecular complexity index is 565. The number of halogens is 3. The molecule has 0 aliphatic heterocycles. The molecule has 0 aliphatic rings. The van der Waals surface area contributed by atoms with Crippen LogP contribution < -0.4 is 0 Å². The number of oxime groups is 1. The van der Waals surface area contributed by atoms with Gasteiger partial charge in [0.05, 0.1) is 24.5 Å². The lowest BCUT2D eigenvalue weighted by molar-refractivity contribution is -0.137. The largest absolute Gasteiger partial charge is 0.550 e. The molecule has 9 heteroatoms. The van der Waals surface area contributed by atoms with Crippen molar-refractivity contribution >= 4 is 13.5 Å². The van der Waals surface area contributed by atoms with Crippen molar-refractivity contribution < 1.29 is 31.4 Å². The highest BCUT2D eigenvalue weighted by molar-refractivity contribution is 7.48. The molecule has 0 bridgehead atoms. The second kappa shape index (κ2) is 7.76. The maximum Gasteiger partial charge on any atom is 0.550 e. The zero-order valence-corrected chi connectivity index (χ0v) is 13.3. The number of rotatable bonds is 7. The minimum atomic E-state index is -4.46. The smallest absolute Gasteiger partial charge is 0.292 e. The van der Waals surface area contributed by atoms with Crippen LogP contribution >= 0.6 is 7.82 Å². The summed E-state index contributed by atoms with van der Waals surface area (Å²) in [4.78, 5) is 0. The molecule has 0 aliphatic carbocycles. The molecule has 0 saturated heterocycles. The first-order valence-corrected chi connectivity index (χ1v) is 7.98. The van der Waals surface area contributed by atoms with Crippen LogP contribution in [0.5, 0.6) is 0 Å². The molecule has 0 heterocycles. The van der Waals surface area contributed by atoms with Crippen molar-refractivity contribution in [3.05, 3.63) is 35.4 Å². The third kappa shape index (κ3) is 5.44. The number of phosphoric acid groups is 1. The van der Waals surface area contributed by atoms with E-state index in [1.54, 1.807) is 13.8 Å². The second-order valence-electron chi connectivity index (χ2n) is 4.12. The van der Waals surface area contributed by atoms with Crippen LogP contribution in [0.15, 0.2) is 29.4 Å². The summed E-state index contributed by atoms with van der Waals surface area (Å²) in [5.41, 5.74) is -0.502. The SMILES string of the molecule is CCOP(=O)(OCC)O/N=C(/C)c1cccc(C(F)(F)F)c1. The molecule has 22 heavy (non-hydrogen) atoms. The monoisotopic (exact) mass is 339 g/mol. The summed E-state index contributed by atoms with van der Waals surface area (Å²) in [5.74, 6) is 0. The first kappa shape index (κ1) is 18.7. The Labute approximate surface area is 126 Å². The highest BCUT2D eigenvalue weighted by atomic mass is 31.2. The van der Waals surface area contributed by atoms with E-state index in [4.69, 9.17) is 13.7 Å². The van der Waals surface area contributed by atoms with Gasteiger partial charge in [-0.15, -0.1) is 0 Å². The Kier molecular flexibility index (Phi) is 6.59. The molecule has 1 aromatic rings. The van der Waals surface area contributed by atoms with Gasteiger partial charge >= 0.3 is 14.0 Å². The zero-order valence-electron chi connectivity index (χ0n) is 12.4. The van der Waals surface area contributed by atoms with Crippen LogP contribution in [0, 0.1) is 0 Å². The minimum Gasteiger partial charge on any atom is -0.292 e. The first-order chi connectivity index (χ1) is 10.2. The van der Waals surface area contributed by atoms with Crippen LogP contribution in [0.4, 0.5) is 13.2 Å².